The van der Waals surface area contributed by atoms with E-state index >= 15 is 0 Å². The Morgan fingerprint density at radius 3 is 2.00 bits per heavy atom. The zero-order valence-corrected chi connectivity index (χ0v) is 14.7. The number of hydrogen-bond donors (Lipinski definition) is 2. The molecule has 136 valence electrons. The monoisotopic (exact) mass is 360 g/mol. The molecule has 0 radical (unpaired) electrons. The van der Waals surface area contributed by atoms with E-state index in [-0.39, 0.29) is 0 Å². The number of benzene rings is 2. The molecule has 0 atom stereocenters. The fourth-order valence-corrected chi connectivity index (χ4v) is 2.67. The highest BCUT2D eigenvalue weighted by Crippen LogP contribution is 2.30. The summed E-state index contributed by atoms with van der Waals surface area (Å²) in [6.45, 7) is 1.25. The van der Waals surface area contributed by atoms with Gasteiger partial charge in [-0.05, 0) is 60.7 Å². The summed E-state index contributed by atoms with van der Waals surface area (Å²) in [6, 6.07) is 23.3. The number of hydrogen-bond acceptors (Lipinski definition) is 5. The molecule has 2 aromatic carbocycles. The molecule has 0 aliphatic rings. The highest BCUT2D eigenvalue weighted by atomic mass is 16.5. The first-order chi connectivity index (χ1) is 13.4. The standard InChI is InChI=1S/C22H20N2O3/c1-2-8-22(21(7-1)24-16-20-6-4-14-26-20)27-18-11-9-17(10-12-18)23-15-19-5-3-13-25-19/h1-14,23-24H,15-16H2. The molecule has 0 amide bonds. The van der Waals surface area contributed by atoms with Crippen LogP contribution < -0.4 is 15.4 Å². The third-order valence-electron chi connectivity index (χ3n) is 4.05. The Labute approximate surface area is 157 Å². The SMILES string of the molecule is c1coc(CNc2ccc(Oc3ccccc3NCc3ccco3)cc2)c1. The first-order valence-electron chi connectivity index (χ1n) is 8.76. The molecule has 0 saturated heterocycles. The Kier molecular flexibility index (Phi) is 5.11. The maximum absolute atomic E-state index is 6.05. The Hall–Kier alpha value is -3.60. The van der Waals surface area contributed by atoms with Crippen molar-refractivity contribution >= 4 is 11.4 Å². The molecule has 0 aliphatic carbocycles. The minimum absolute atomic E-state index is 0.600. The van der Waals surface area contributed by atoms with Crippen LogP contribution in [0.25, 0.3) is 0 Å². The van der Waals surface area contributed by atoms with Crippen LogP contribution >= 0.6 is 0 Å². The van der Waals surface area contributed by atoms with Crippen LogP contribution in [0.4, 0.5) is 11.4 Å². The van der Waals surface area contributed by atoms with Crippen molar-refractivity contribution in [3.8, 4) is 11.5 Å². The van der Waals surface area contributed by atoms with Crippen LogP contribution in [0.3, 0.4) is 0 Å². The van der Waals surface area contributed by atoms with E-state index in [1.807, 2.05) is 72.8 Å². The normalized spacial score (nSPS) is 10.5. The van der Waals surface area contributed by atoms with Gasteiger partial charge in [0.1, 0.15) is 17.3 Å². The topological polar surface area (TPSA) is 59.6 Å². The quantitative estimate of drug-likeness (QED) is 0.410. The Bertz CT molecular complexity index is 946. The predicted octanol–water partition coefficient (Wildman–Crippen LogP) is 5.89. The Morgan fingerprint density at radius 1 is 0.667 bits per heavy atom. The van der Waals surface area contributed by atoms with Crippen molar-refractivity contribution in [1.29, 1.82) is 0 Å². The molecule has 2 aromatic heterocycles. The maximum Gasteiger partial charge on any atom is 0.150 e. The number of ether oxygens (including phenoxy) is 1. The average molecular weight is 360 g/mol. The number of furan rings is 2. The van der Waals surface area contributed by atoms with Gasteiger partial charge in [0.05, 0.1) is 31.3 Å². The van der Waals surface area contributed by atoms with Gasteiger partial charge >= 0.3 is 0 Å². The highest BCUT2D eigenvalue weighted by Gasteiger charge is 2.05. The molecule has 5 heteroatoms. The van der Waals surface area contributed by atoms with E-state index in [4.69, 9.17) is 13.6 Å². The first kappa shape index (κ1) is 16.8. The largest absolute Gasteiger partial charge is 0.467 e. The Morgan fingerprint density at radius 2 is 1.33 bits per heavy atom. The molecule has 2 N–H and O–H groups in total. The van der Waals surface area contributed by atoms with Crippen LogP contribution in [0.15, 0.2) is 94.2 Å². The summed E-state index contributed by atoms with van der Waals surface area (Å²) in [6.07, 6.45) is 3.34. The van der Waals surface area contributed by atoms with E-state index in [0.717, 1.165) is 34.4 Å². The van der Waals surface area contributed by atoms with E-state index in [0.29, 0.717) is 13.1 Å². The third kappa shape index (κ3) is 4.52. The molecule has 0 aliphatic heterocycles. The molecular formula is C22H20N2O3. The highest BCUT2D eigenvalue weighted by molar-refractivity contribution is 5.58. The van der Waals surface area contributed by atoms with E-state index in [9.17, 15) is 0 Å². The van der Waals surface area contributed by atoms with Crippen LogP contribution in [-0.4, -0.2) is 0 Å². The summed E-state index contributed by atoms with van der Waals surface area (Å²) < 4.78 is 16.7. The zero-order valence-electron chi connectivity index (χ0n) is 14.7. The van der Waals surface area contributed by atoms with Crippen LogP contribution in [0.2, 0.25) is 0 Å². The van der Waals surface area contributed by atoms with Gasteiger partial charge in [0.25, 0.3) is 0 Å². The summed E-state index contributed by atoms with van der Waals surface area (Å²) >= 11 is 0. The maximum atomic E-state index is 6.05. The van der Waals surface area contributed by atoms with Crippen LogP contribution in [0, 0.1) is 0 Å². The lowest BCUT2D eigenvalue weighted by Gasteiger charge is -2.13. The van der Waals surface area contributed by atoms with Crippen LogP contribution in [0.5, 0.6) is 11.5 Å². The molecule has 0 spiro atoms. The number of nitrogens with one attached hydrogen (secondary N) is 2. The van der Waals surface area contributed by atoms with Gasteiger partial charge in [0, 0.05) is 5.69 Å². The van der Waals surface area contributed by atoms with Gasteiger partial charge in [-0.15, -0.1) is 0 Å². The molecule has 4 aromatic rings. The van der Waals surface area contributed by atoms with Gasteiger partial charge in [-0.1, -0.05) is 12.1 Å². The Balaban J connectivity index is 1.38. The fourth-order valence-electron chi connectivity index (χ4n) is 2.67. The molecule has 0 saturated carbocycles. The average Bonchev–Trinajstić information content (AvgIpc) is 3.41. The minimum atomic E-state index is 0.600. The molecule has 27 heavy (non-hydrogen) atoms. The van der Waals surface area contributed by atoms with Crippen molar-refractivity contribution in [3.05, 3.63) is 96.8 Å². The zero-order chi connectivity index (χ0) is 18.3. The minimum Gasteiger partial charge on any atom is -0.467 e. The van der Waals surface area contributed by atoms with Crippen LogP contribution in [0.1, 0.15) is 11.5 Å². The van der Waals surface area contributed by atoms with E-state index in [2.05, 4.69) is 10.6 Å². The van der Waals surface area contributed by atoms with E-state index in [1.54, 1.807) is 12.5 Å². The van der Waals surface area contributed by atoms with Gasteiger partial charge in [0.2, 0.25) is 0 Å². The van der Waals surface area contributed by atoms with Crippen molar-refractivity contribution in [3.63, 3.8) is 0 Å². The summed E-state index contributed by atoms with van der Waals surface area (Å²) in [5.41, 5.74) is 1.91. The van der Waals surface area contributed by atoms with Crippen molar-refractivity contribution in [2.24, 2.45) is 0 Å². The lowest BCUT2D eigenvalue weighted by Crippen LogP contribution is -2.00. The van der Waals surface area contributed by atoms with E-state index in [1.165, 1.54) is 0 Å². The fraction of sp³-hybridized carbons (Fsp3) is 0.0909. The van der Waals surface area contributed by atoms with E-state index < -0.39 is 0 Å². The van der Waals surface area contributed by atoms with Gasteiger partial charge in [-0.25, -0.2) is 0 Å². The van der Waals surface area contributed by atoms with Crippen molar-refractivity contribution in [2.75, 3.05) is 10.6 Å². The summed E-state index contributed by atoms with van der Waals surface area (Å²) in [5.74, 6) is 3.30. The van der Waals surface area contributed by atoms with Gasteiger partial charge in [0.15, 0.2) is 5.75 Å². The molecule has 5 nitrogen and oxygen atoms in total. The van der Waals surface area contributed by atoms with Gasteiger partial charge < -0.3 is 24.2 Å². The second kappa shape index (κ2) is 8.19. The van der Waals surface area contributed by atoms with Gasteiger partial charge in [-0.3, -0.25) is 0 Å². The second-order valence-electron chi connectivity index (χ2n) is 5.99. The first-order valence-corrected chi connectivity index (χ1v) is 8.76. The number of para-hydroxylation sites is 2. The second-order valence-corrected chi connectivity index (χ2v) is 5.99. The third-order valence-corrected chi connectivity index (χ3v) is 4.05. The predicted molar refractivity (Wildman–Crippen MR) is 105 cm³/mol. The van der Waals surface area contributed by atoms with Crippen molar-refractivity contribution < 1.29 is 13.6 Å². The number of rotatable bonds is 8. The summed E-state index contributed by atoms with van der Waals surface area (Å²) in [4.78, 5) is 0. The lowest BCUT2D eigenvalue weighted by molar-refractivity contribution is 0.483. The molecule has 2 heterocycles. The molecule has 0 bridgehead atoms. The van der Waals surface area contributed by atoms with Crippen molar-refractivity contribution in [1.82, 2.24) is 0 Å². The van der Waals surface area contributed by atoms with Gasteiger partial charge in [-0.2, -0.15) is 0 Å². The summed E-state index contributed by atoms with van der Waals surface area (Å²) in [5, 5.41) is 6.66. The smallest absolute Gasteiger partial charge is 0.150 e. The van der Waals surface area contributed by atoms with Crippen LogP contribution in [-0.2, 0) is 13.1 Å². The molecule has 4 rings (SSSR count). The molecule has 0 unspecified atom stereocenters. The number of anilines is 2. The molecule has 0 fully saturated rings. The summed E-state index contributed by atoms with van der Waals surface area (Å²) in [7, 11) is 0. The van der Waals surface area contributed by atoms with Crippen molar-refractivity contribution in [2.45, 2.75) is 13.1 Å². The lowest BCUT2D eigenvalue weighted by atomic mass is 10.2. The molecular weight excluding hydrogens is 340 g/mol.